The Hall–Kier alpha value is -1.88. The predicted molar refractivity (Wildman–Crippen MR) is 80.1 cm³/mol. The molecule has 1 N–H and O–H groups in total. The topological polar surface area (TPSA) is 58.6 Å². The molecule has 0 saturated carbocycles. The Bertz CT molecular complexity index is 493. The van der Waals surface area contributed by atoms with Gasteiger partial charge in [0.1, 0.15) is 6.04 Å². The smallest absolute Gasteiger partial charge is 0.251 e. The first-order valence-corrected chi connectivity index (χ1v) is 7.38. The minimum Gasteiger partial charge on any atom is -0.378 e. The zero-order chi connectivity index (χ0) is 15.2. The molecular formula is C16H22N2O3. The van der Waals surface area contributed by atoms with Gasteiger partial charge in [0.25, 0.3) is 5.91 Å². The molecule has 1 fully saturated rings. The molecule has 1 saturated heterocycles. The Morgan fingerprint density at radius 3 is 2.43 bits per heavy atom. The number of amides is 2. The number of ether oxygens (including phenoxy) is 1. The lowest BCUT2D eigenvalue weighted by atomic mass is 10.1. The molecule has 0 spiro atoms. The summed E-state index contributed by atoms with van der Waals surface area (Å²) in [6.45, 7) is 6.08. The first-order chi connectivity index (χ1) is 10.1. The van der Waals surface area contributed by atoms with E-state index >= 15 is 0 Å². The summed E-state index contributed by atoms with van der Waals surface area (Å²) in [6.07, 6.45) is 0.938. The number of benzene rings is 1. The van der Waals surface area contributed by atoms with Gasteiger partial charge in [-0.2, -0.15) is 0 Å². The van der Waals surface area contributed by atoms with Crippen molar-refractivity contribution in [3.63, 3.8) is 0 Å². The maximum Gasteiger partial charge on any atom is 0.251 e. The Labute approximate surface area is 125 Å². The van der Waals surface area contributed by atoms with Gasteiger partial charge in [0.05, 0.1) is 13.2 Å². The lowest BCUT2D eigenvalue weighted by Gasteiger charge is -2.29. The third-order valence-electron chi connectivity index (χ3n) is 3.67. The van der Waals surface area contributed by atoms with Gasteiger partial charge >= 0.3 is 0 Å². The van der Waals surface area contributed by atoms with Crippen LogP contribution in [-0.2, 0) is 16.0 Å². The van der Waals surface area contributed by atoms with Crippen LogP contribution in [0.5, 0.6) is 0 Å². The Kier molecular flexibility index (Phi) is 5.33. The fraction of sp³-hybridized carbons (Fsp3) is 0.500. The lowest BCUT2D eigenvalue weighted by Crippen LogP contribution is -2.50. The van der Waals surface area contributed by atoms with Gasteiger partial charge in [0.2, 0.25) is 5.91 Å². The molecule has 1 unspecified atom stereocenters. The number of nitrogens with zero attached hydrogens (tertiary/aromatic N) is 1. The molecule has 21 heavy (non-hydrogen) atoms. The van der Waals surface area contributed by atoms with Crippen LogP contribution in [0.3, 0.4) is 0 Å². The minimum atomic E-state index is -0.526. The van der Waals surface area contributed by atoms with Crippen LogP contribution in [0.2, 0.25) is 0 Å². The van der Waals surface area contributed by atoms with Crippen molar-refractivity contribution >= 4 is 11.8 Å². The Morgan fingerprint density at radius 2 is 1.86 bits per heavy atom. The molecule has 2 rings (SSSR count). The average Bonchev–Trinajstić information content (AvgIpc) is 2.55. The quantitative estimate of drug-likeness (QED) is 0.907. The molecule has 1 heterocycles. The molecule has 0 bridgehead atoms. The number of morpholine rings is 1. The van der Waals surface area contributed by atoms with Crippen LogP contribution in [0.1, 0.15) is 29.8 Å². The molecule has 5 nitrogen and oxygen atoms in total. The van der Waals surface area contributed by atoms with E-state index in [9.17, 15) is 9.59 Å². The number of nitrogens with one attached hydrogen (secondary N) is 1. The molecular weight excluding hydrogens is 268 g/mol. The number of aryl methyl sites for hydroxylation is 1. The van der Waals surface area contributed by atoms with E-state index in [0.717, 1.165) is 6.42 Å². The Morgan fingerprint density at radius 1 is 1.24 bits per heavy atom. The van der Waals surface area contributed by atoms with Gasteiger partial charge in [-0.25, -0.2) is 0 Å². The fourth-order valence-corrected chi connectivity index (χ4v) is 2.29. The zero-order valence-electron chi connectivity index (χ0n) is 12.6. The molecule has 1 aromatic rings. The standard InChI is InChI=1S/C16H22N2O3/c1-3-13-4-6-14(7-5-13)15(19)17-12(2)16(20)18-8-10-21-11-9-18/h4-7,12H,3,8-11H2,1-2H3,(H,17,19). The van der Waals surface area contributed by atoms with Crippen LogP contribution < -0.4 is 5.32 Å². The van der Waals surface area contributed by atoms with E-state index in [1.807, 2.05) is 12.1 Å². The van der Waals surface area contributed by atoms with Crippen molar-refractivity contribution in [3.8, 4) is 0 Å². The second kappa shape index (κ2) is 7.22. The van der Waals surface area contributed by atoms with Gasteiger partial charge in [-0.05, 0) is 31.0 Å². The molecule has 1 aliphatic heterocycles. The number of carbonyl (C=O) groups excluding carboxylic acids is 2. The zero-order valence-corrected chi connectivity index (χ0v) is 12.6. The number of carbonyl (C=O) groups is 2. The van der Waals surface area contributed by atoms with Crippen molar-refractivity contribution < 1.29 is 14.3 Å². The molecule has 1 atom stereocenters. The molecule has 114 valence electrons. The molecule has 0 aromatic heterocycles. The number of hydrogen-bond donors (Lipinski definition) is 1. The maximum absolute atomic E-state index is 12.2. The highest BCUT2D eigenvalue weighted by Gasteiger charge is 2.23. The fourth-order valence-electron chi connectivity index (χ4n) is 2.29. The molecule has 1 aliphatic rings. The van der Waals surface area contributed by atoms with Gasteiger partial charge < -0.3 is 15.0 Å². The van der Waals surface area contributed by atoms with Crippen LogP contribution in [0, 0.1) is 0 Å². The van der Waals surface area contributed by atoms with Gasteiger partial charge in [-0.3, -0.25) is 9.59 Å². The van der Waals surface area contributed by atoms with Crippen molar-refractivity contribution in [1.82, 2.24) is 10.2 Å². The van der Waals surface area contributed by atoms with E-state index in [1.165, 1.54) is 5.56 Å². The van der Waals surface area contributed by atoms with Crippen LogP contribution >= 0.6 is 0 Å². The van der Waals surface area contributed by atoms with E-state index in [2.05, 4.69) is 12.2 Å². The second-order valence-electron chi connectivity index (χ2n) is 5.18. The summed E-state index contributed by atoms with van der Waals surface area (Å²) in [5.41, 5.74) is 1.76. The van der Waals surface area contributed by atoms with E-state index in [0.29, 0.717) is 31.9 Å². The number of rotatable bonds is 4. The van der Waals surface area contributed by atoms with Crippen LogP contribution in [-0.4, -0.2) is 49.1 Å². The molecule has 1 aromatic carbocycles. The van der Waals surface area contributed by atoms with Gasteiger partial charge in [-0.1, -0.05) is 19.1 Å². The van der Waals surface area contributed by atoms with Gasteiger partial charge in [-0.15, -0.1) is 0 Å². The molecule has 2 amide bonds. The first kappa shape index (κ1) is 15.5. The van der Waals surface area contributed by atoms with Crippen molar-refractivity contribution in [3.05, 3.63) is 35.4 Å². The highest BCUT2D eigenvalue weighted by Crippen LogP contribution is 2.06. The largest absolute Gasteiger partial charge is 0.378 e. The summed E-state index contributed by atoms with van der Waals surface area (Å²) in [7, 11) is 0. The summed E-state index contributed by atoms with van der Waals surface area (Å²) in [5, 5.41) is 2.76. The predicted octanol–water partition coefficient (Wildman–Crippen LogP) is 1.23. The van der Waals surface area contributed by atoms with Crippen molar-refractivity contribution in [2.24, 2.45) is 0 Å². The van der Waals surface area contributed by atoms with Crippen LogP contribution in [0.25, 0.3) is 0 Å². The normalized spacial score (nSPS) is 16.4. The van der Waals surface area contributed by atoms with Crippen LogP contribution in [0.4, 0.5) is 0 Å². The third-order valence-corrected chi connectivity index (χ3v) is 3.67. The highest BCUT2D eigenvalue weighted by molar-refractivity contribution is 5.97. The summed E-state index contributed by atoms with van der Waals surface area (Å²) in [5.74, 6) is -0.274. The first-order valence-electron chi connectivity index (χ1n) is 7.38. The summed E-state index contributed by atoms with van der Waals surface area (Å²) in [6, 6.07) is 6.92. The highest BCUT2D eigenvalue weighted by atomic mass is 16.5. The van der Waals surface area contributed by atoms with E-state index < -0.39 is 6.04 Å². The lowest BCUT2D eigenvalue weighted by molar-refractivity contribution is -0.136. The summed E-state index contributed by atoms with van der Waals surface area (Å²) < 4.78 is 5.22. The average molecular weight is 290 g/mol. The summed E-state index contributed by atoms with van der Waals surface area (Å²) in [4.78, 5) is 26.1. The third kappa shape index (κ3) is 4.04. The maximum atomic E-state index is 12.2. The van der Waals surface area contributed by atoms with Crippen molar-refractivity contribution in [2.45, 2.75) is 26.3 Å². The Balaban J connectivity index is 1.92. The molecule has 0 aliphatic carbocycles. The van der Waals surface area contributed by atoms with Gasteiger partial charge in [0, 0.05) is 18.7 Å². The van der Waals surface area contributed by atoms with Gasteiger partial charge in [0.15, 0.2) is 0 Å². The molecule has 0 radical (unpaired) electrons. The van der Waals surface area contributed by atoms with E-state index in [1.54, 1.807) is 24.0 Å². The second-order valence-corrected chi connectivity index (χ2v) is 5.18. The monoisotopic (exact) mass is 290 g/mol. The molecule has 5 heteroatoms. The summed E-state index contributed by atoms with van der Waals surface area (Å²) >= 11 is 0. The SMILES string of the molecule is CCc1ccc(C(=O)NC(C)C(=O)N2CCOCC2)cc1. The van der Waals surface area contributed by atoms with Crippen molar-refractivity contribution in [1.29, 1.82) is 0 Å². The van der Waals surface area contributed by atoms with E-state index in [-0.39, 0.29) is 11.8 Å². The van der Waals surface area contributed by atoms with E-state index in [4.69, 9.17) is 4.74 Å². The van der Waals surface area contributed by atoms with Crippen LogP contribution in [0.15, 0.2) is 24.3 Å². The minimum absolute atomic E-state index is 0.0585. The number of hydrogen-bond acceptors (Lipinski definition) is 3. The van der Waals surface area contributed by atoms with Crippen molar-refractivity contribution in [2.75, 3.05) is 26.3 Å².